The fourth-order valence-electron chi connectivity index (χ4n) is 2.32. The smallest absolute Gasteiger partial charge is 0.333 e. The molecule has 1 unspecified atom stereocenters. The minimum atomic E-state index is -0.282. The molecular formula is C12H13N3O2. The van der Waals surface area contributed by atoms with E-state index in [1.54, 1.807) is 12.3 Å². The fraction of sp³-hybridized carbons (Fsp3) is 0.417. The van der Waals surface area contributed by atoms with Crippen LogP contribution in [0.1, 0.15) is 18.5 Å². The van der Waals surface area contributed by atoms with Gasteiger partial charge in [-0.25, -0.2) is 14.8 Å². The maximum Gasteiger partial charge on any atom is 0.333 e. The van der Waals surface area contributed by atoms with Gasteiger partial charge in [-0.15, -0.1) is 0 Å². The molecular weight excluding hydrogens is 218 g/mol. The van der Waals surface area contributed by atoms with Crippen molar-refractivity contribution in [3.05, 3.63) is 30.4 Å². The third-order valence-electron chi connectivity index (χ3n) is 3.12. The summed E-state index contributed by atoms with van der Waals surface area (Å²) in [4.78, 5) is 21.7. The molecule has 0 aliphatic carbocycles. The van der Waals surface area contributed by atoms with E-state index in [2.05, 4.69) is 14.9 Å². The highest BCUT2D eigenvalue weighted by Gasteiger charge is 2.34. The van der Waals surface area contributed by atoms with Crippen molar-refractivity contribution in [2.24, 2.45) is 0 Å². The Morgan fingerprint density at radius 1 is 1.35 bits per heavy atom. The Kier molecular flexibility index (Phi) is 2.60. The number of cyclic esters (lactones) is 1. The van der Waals surface area contributed by atoms with Crippen molar-refractivity contribution < 1.29 is 9.53 Å². The SMILES string of the molecule is O=C1C=C(c2ccncn2)C(N2CCCC2)O1. The van der Waals surface area contributed by atoms with Crippen molar-refractivity contribution in [3.63, 3.8) is 0 Å². The van der Waals surface area contributed by atoms with E-state index in [9.17, 15) is 4.79 Å². The van der Waals surface area contributed by atoms with Gasteiger partial charge >= 0.3 is 5.97 Å². The largest absolute Gasteiger partial charge is 0.439 e. The Hall–Kier alpha value is -1.75. The maximum absolute atomic E-state index is 11.4. The van der Waals surface area contributed by atoms with E-state index in [-0.39, 0.29) is 12.2 Å². The molecule has 0 spiro atoms. The number of hydrogen-bond acceptors (Lipinski definition) is 5. The number of ether oxygens (including phenoxy) is 1. The van der Waals surface area contributed by atoms with Gasteiger partial charge in [0.2, 0.25) is 0 Å². The molecule has 0 aromatic carbocycles. The molecule has 1 aromatic heterocycles. The predicted molar refractivity (Wildman–Crippen MR) is 60.7 cm³/mol. The lowest BCUT2D eigenvalue weighted by atomic mass is 10.1. The summed E-state index contributed by atoms with van der Waals surface area (Å²) in [5, 5.41) is 0. The number of nitrogens with zero attached hydrogens (tertiary/aromatic N) is 3. The highest BCUT2D eigenvalue weighted by molar-refractivity contribution is 5.96. The van der Waals surface area contributed by atoms with Gasteiger partial charge in [-0.3, -0.25) is 4.90 Å². The molecule has 1 saturated heterocycles. The third-order valence-corrected chi connectivity index (χ3v) is 3.12. The van der Waals surface area contributed by atoms with Gasteiger partial charge in [-0.05, 0) is 18.9 Å². The topological polar surface area (TPSA) is 55.3 Å². The molecule has 2 aliphatic heterocycles. The average molecular weight is 231 g/mol. The number of likely N-dealkylation sites (tertiary alicyclic amines) is 1. The summed E-state index contributed by atoms with van der Waals surface area (Å²) in [5.74, 6) is -0.282. The van der Waals surface area contributed by atoms with Crippen molar-refractivity contribution in [2.75, 3.05) is 13.1 Å². The van der Waals surface area contributed by atoms with Gasteiger partial charge in [0.15, 0.2) is 6.23 Å². The van der Waals surface area contributed by atoms with Gasteiger partial charge in [0.25, 0.3) is 0 Å². The van der Waals surface area contributed by atoms with Crippen LogP contribution in [-0.2, 0) is 9.53 Å². The van der Waals surface area contributed by atoms with Crippen LogP contribution >= 0.6 is 0 Å². The number of aromatic nitrogens is 2. The maximum atomic E-state index is 11.4. The van der Waals surface area contributed by atoms with E-state index >= 15 is 0 Å². The second kappa shape index (κ2) is 4.25. The highest BCUT2D eigenvalue weighted by atomic mass is 16.6. The number of rotatable bonds is 2. The summed E-state index contributed by atoms with van der Waals surface area (Å²) in [6.45, 7) is 1.95. The zero-order valence-electron chi connectivity index (χ0n) is 9.37. The Labute approximate surface area is 99.1 Å². The number of hydrogen-bond donors (Lipinski definition) is 0. The van der Waals surface area contributed by atoms with Crippen LogP contribution in [0.25, 0.3) is 5.57 Å². The first-order chi connectivity index (χ1) is 8.34. The lowest BCUT2D eigenvalue weighted by molar-refractivity contribution is -0.144. The van der Waals surface area contributed by atoms with E-state index in [1.807, 2.05) is 0 Å². The molecule has 3 heterocycles. The molecule has 0 radical (unpaired) electrons. The van der Waals surface area contributed by atoms with Gasteiger partial charge in [0.05, 0.1) is 5.69 Å². The first-order valence-electron chi connectivity index (χ1n) is 5.77. The van der Waals surface area contributed by atoms with Crippen LogP contribution in [0.4, 0.5) is 0 Å². The van der Waals surface area contributed by atoms with Crippen LogP contribution in [-0.4, -0.2) is 40.2 Å². The van der Waals surface area contributed by atoms with Crippen LogP contribution in [0, 0.1) is 0 Å². The van der Waals surface area contributed by atoms with E-state index in [0.29, 0.717) is 0 Å². The molecule has 1 atom stereocenters. The molecule has 0 N–H and O–H groups in total. The minimum Gasteiger partial charge on any atom is -0.439 e. The van der Waals surface area contributed by atoms with Gasteiger partial charge in [-0.2, -0.15) is 0 Å². The number of carbonyl (C=O) groups excluding carboxylic acids is 1. The Bertz CT molecular complexity index is 452. The van der Waals surface area contributed by atoms with E-state index in [4.69, 9.17) is 4.74 Å². The van der Waals surface area contributed by atoms with Crippen LogP contribution in [0.2, 0.25) is 0 Å². The summed E-state index contributed by atoms with van der Waals surface area (Å²) in [5.41, 5.74) is 1.61. The fourth-order valence-corrected chi connectivity index (χ4v) is 2.32. The summed E-state index contributed by atoms with van der Waals surface area (Å²) in [7, 11) is 0. The summed E-state index contributed by atoms with van der Waals surface area (Å²) in [6, 6.07) is 1.80. The highest BCUT2D eigenvalue weighted by Crippen LogP contribution is 2.29. The molecule has 1 fully saturated rings. The van der Waals surface area contributed by atoms with Crippen LogP contribution < -0.4 is 0 Å². The first-order valence-corrected chi connectivity index (χ1v) is 5.77. The van der Waals surface area contributed by atoms with Crippen LogP contribution in [0.15, 0.2) is 24.7 Å². The van der Waals surface area contributed by atoms with Crippen molar-refractivity contribution in [1.82, 2.24) is 14.9 Å². The zero-order chi connectivity index (χ0) is 11.7. The summed E-state index contributed by atoms with van der Waals surface area (Å²) in [6.07, 6.45) is 6.74. The van der Waals surface area contributed by atoms with Crippen LogP contribution in [0.3, 0.4) is 0 Å². The number of carbonyl (C=O) groups is 1. The monoisotopic (exact) mass is 231 g/mol. The van der Waals surface area contributed by atoms with E-state index in [0.717, 1.165) is 37.2 Å². The normalized spacial score (nSPS) is 24.8. The zero-order valence-corrected chi connectivity index (χ0v) is 9.37. The van der Waals surface area contributed by atoms with Crippen LogP contribution in [0.5, 0.6) is 0 Å². The van der Waals surface area contributed by atoms with E-state index in [1.165, 1.54) is 12.4 Å². The van der Waals surface area contributed by atoms with Crippen molar-refractivity contribution >= 4 is 11.5 Å². The van der Waals surface area contributed by atoms with Gasteiger partial charge < -0.3 is 4.74 Å². The molecule has 0 amide bonds. The lowest BCUT2D eigenvalue weighted by Crippen LogP contribution is -2.34. The summed E-state index contributed by atoms with van der Waals surface area (Å²) >= 11 is 0. The molecule has 5 heteroatoms. The first kappa shape index (κ1) is 10.4. The molecule has 17 heavy (non-hydrogen) atoms. The quantitative estimate of drug-likeness (QED) is 0.706. The number of esters is 1. The lowest BCUT2D eigenvalue weighted by Gasteiger charge is -2.24. The van der Waals surface area contributed by atoms with Crippen molar-refractivity contribution in [3.8, 4) is 0 Å². The second-order valence-electron chi connectivity index (χ2n) is 4.23. The molecule has 3 rings (SSSR count). The molecule has 1 aromatic rings. The standard InChI is InChI=1S/C12H13N3O2/c16-11-7-9(10-3-4-13-8-14-10)12(17-11)15-5-1-2-6-15/h3-4,7-8,12H,1-2,5-6H2. The second-order valence-corrected chi connectivity index (χ2v) is 4.23. The minimum absolute atomic E-state index is 0.264. The van der Waals surface area contributed by atoms with Crippen molar-refractivity contribution in [1.29, 1.82) is 0 Å². The predicted octanol–water partition coefficient (Wildman–Crippen LogP) is 0.839. The molecule has 88 valence electrons. The Morgan fingerprint density at radius 3 is 2.88 bits per heavy atom. The third kappa shape index (κ3) is 1.93. The van der Waals surface area contributed by atoms with Gasteiger partial charge in [0.1, 0.15) is 6.33 Å². The Balaban J connectivity index is 1.90. The molecule has 2 aliphatic rings. The van der Waals surface area contributed by atoms with Gasteiger partial charge in [-0.1, -0.05) is 0 Å². The van der Waals surface area contributed by atoms with E-state index < -0.39 is 0 Å². The average Bonchev–Trinajstić information content (AvgIpc) is 2.98. The molecule has 5 nitrogen and oxygen atoms in total. The van der Waals surface area contributed by atoms with Gasteiger partial charge in [0, 0.05) is 30.9 Å². The Morgan fingerprint density at radius 2 is 2.18 bits per heavy atom. The molecule has 0 saturated carbocycles. The van der Waals surface area contributed by atoms with Crippen molar-refractivity contribution in [2.45, 2.75) is 19.1 Å². The summed E-state index contributed by atoms with van der Waals surface area (Å²) < 4.78 is 5.35. The molecule has 0 bridgehead atoms.